The molecule has 0 aliphatic carbocycles. The van der Waals surface area contributed by atoms with Crippen molar-refractivity contribution in [3.8, 4) is 0 Å². The lowest BCUT2D eigenvalue weighted by Gasteiger charge is -2.14. The van der Waals surface area contributed by atoms with Crippen LogP contribution in [0.4, 0.5) is 0 Å². The molecule has 0 atom stereocenters. The molecule has 1 N–H and O–H groups in total. The highest BCUT2D eigenvalue weighted by Crippen LogP contribution is 2.39. The van der Waals surface area contributed by atoms with Crippen molar-refractivity contribution in [3.63, 3.8) is 0 Å². The second kappa shape index (κ2) is 8.62. The lowest BCUT2D eigenvalue weighted by molar-refractivity contribution is 0.282. The third kappa shape index (κ3) is 6.44. The zero-order valence-corrected chi connectivity index (χ0v) is 17.1. The fourth-order valence-corrected chi connectivity index (χ4v) is 2.52. The lowest BCUT2D eigenvalue weighted by atomic mass is 10.1. The molecule has 0 aromatic heterocycles. The van der Waals surface area contributed by atoms with Crippen molar-refractivity contribution in [3.05, 3.63) is 53.2 Å². The largest absolute Gasteiger partial charge is 0.392 e. The van der Waals surface area contributed by atoms with Gasteiger partial charge in [0.15, 0.2) is 5.84 Å². The summed E-state index contributed by atoms with van der Waals surface area (Å²) in [4.78, 5) is 8.36. The number of aliphatic hydroxyl groups is 1. The Balaban J connectivity index is 2.31. The van der Waals surface area contributed by atoms with Gasteiger partial charge in [-0.15, -0.1) is 0 Å². The first-order valence-electron chi connectivity index (χ1n) is 6.98. The number of hydrogen-bond acceptors (Lipinski definition) is 3. The first-order valence-corrected chi connectivity index (χ1v) is 9.25. The van der Waals surface area contributed by atoms with E-state index >= 15 is 0 Å². The molecule has 134 valence electrons. The molecular formula is C16H12Cl6N2O. The standard InChI is InChI=1S/C16H12Cl6N2O/c17-15(18,19)13-8-7-12(23-14(24-13)16(20,21)22)6-5-10-1-3-11(9-25)4-2-10/h1-6,8,25H,7,9H2. The van der Waals surface area contributed by atoms with Crippen LogP contribution in [0.2, 0.25) is 0 Å². The molecule has 0 unspecified atom stereocenters. The molecule has 1 heterocycles. The highest BCUT2D eigenvalue weighted by Gasteiger charge is 2.33. The van der Waals surface area contributed by atoms with Crippen molar-refractivity contribution < 1.29 is 5.11 Å². The maximum absolute atomic E-state index is 9.06. The van der Waals surface area contributed by atoms with E-state index in [-0.39, 0.29) is 18.1 Å². The number of hydrogen-bond donors (Lipinski definition) is 1. The van der Waals surface area contributed by atoms with E-state index in [4.69, 9.17) is 74.7 Å². The molecule has 3 nitrogen and oxygen atoms in total. The maximum atomic E-state index is 9.06. The molecule has 0 spiro atoms. The molecule has 1 aliphatic heterocycles. The van der Waals surface area contributed by atoms with Gasteiger partial charge in [-0.2, -0.15) is 0 Å². The Bertz CT molecular complexity index is 739. The van der Waals surface area contributed by atoms with Gasteiger partial charge < -0.3 is 5.11 Å². The Labute approximate surface area is 175 Å². The normalized spacial score (nSPS) is 16.4. The van der Waals surface area contributed by atoms with E-state index in [1.54, 1.807) is 12.2 Å². The van der Waals surface area contributed by atoms with Crippen molar-refractivity contribution in [1.29, 1.82) is 0 Å². The zero-order valence-electron chi connectivity index (χ0n) is 12.6. The monoisotopic (exact) mass is 458 g/mol. The van der Waals surface area contributed by atoms with Crippen LogP contribution in [0.3, 0.4) is 0 Å². The first-order chi connectivity index (χ1) is 11.6. The van der Waals surface area contributed by atoms with Crippen LogP contribution >= 0.6 is 69.6 Å². The van der Waals surface area contributed by atoms with E-state index in [9.17, 15) is 0 Å². The van der Waals surface area contributed by atoms with Gasteiger partial charge in [0.25, 0.3) is 0 Å². The van der Waals surface area contributed by atoms with Crippen LogP contribution in [-0.2, 0) is 6.61 Å². The number of aliphatic hydroxyl groups excluding tert-OH is 1. The quantitative estimate of drug-likeness (QED) is 0.547. The summed E-state index contributed by atoms with van der Waals surface area (Å²) < 4.78 is -3.61. The predicted molar refractivity (Wildman–Crippen MR) is 110 cm³/mol. The fraction of sp³-hybridized carbons (Fsp3) is 0.250. The Morgan fingerprint density at radius 2 is 1.56 bits per heavy atom. The molecule has 0 bridgehead atoms. The van der Waals surface area contributed by atoms with E-state index in [1.807, 2.05) is 30.3 Å². The number of alkyl halides is 6. The summed E-state index contributed by atoms with van der Waals surface area (Å²) in [6.07, 6.45) is 5.57. The Morgan fingerprint density at radius 3 is 2.08 bits per heavy atom. The minimum Gasteiger partial charge on any atom is -0.392 e. The maximum Gasteiger partial charge on any atom is 0.250 e. The number of nitrogens with zero attached hydrogens (tertiary/aromatic N) is 2. The summed E-state index contributed by atoms with van der Waals surface area (Å²) in [5.41, 5.74) is 2.46. The van der Waals surface area contributed by atoms with Gasteiger partial charge >= 0.3 is 0 Å². The average Bonchev–Trinajstić information content (AvgIpc) is 2.76. The van der Waals surface area contributed by atoms with Gasteiger partial charge in [-0.05, 0) is 17.2 Å². The molecule has 0 amide bonds. The third-order valence-corrected chi connectivity index (χ3v) is 4.24. The highest BCUT2D eigenvalue weighted by atomic mass is 35.6. The second-order valence-electron chi connectivity index (χ2n) is 5.06. The molecule has 1 aromatic rings. The Kier molecular flexibility index (Phi) is 7.26. The second-order valence-corrected chi connectivity index (χ2v) is 9.62. The summed E-state index contributed by atoms with van der Waals surface area (Å²) in [6, 6.07) is 7.38. The number of halogens is 6. The molecule has 1 aromatic carbocycles. The SMILES string of the molecule is OCc1ccc(C=CC2=NC(C(Cl)(Cl)Cl)=NC(C(Cl)(Cl)Cl)=CC2)cc1. The van der Waals surface area contributed by atoms with Gasteiger partial charge in [-0.1, -0.05) is 106 Å². The van der Waals surface area contributed by atoms with Crippen LogP contribution in [0.1, 0.15) is 17.5 Å². The van der Waals surface area contributed by atoms with Crippen LogP contribution < -0.4 is 0 Å². The van der Waals surface area contributed by atoms with E-state index in [2.05, 4.69) is 9.98 Å². The van der Waals surface area contributed by atoms with Crippen molar-refractivity contribution in [2.24, 2.45) is 9.98 Å². The van der Waals surface area contributed by atoms with Crippen LogP contribution in [0.5, 0.6) is 0 Å². The predicted octanol–water partition coefficient (Wildman–Crippen LogP) is 6.06. The lowest BCUT2D eigenvalue weighted by Crippen LogP contribution is -2.19. The van der Waals surface area contributed by atoms with E-state index in [0.29, 0.717) is 12.1 Å². The topological polar surface area (TPSA) is 45.0 Å². The summed E-state index contributed by atoms with van der Waals surface area (Å²) in [6.45, 7) is -0.00955. The van der Waals surface area contributed by atoms with E-state index in [1.165, 1.54) is 0 Å². The van der Waals surface area contributed by atoms with Crippen molar-refractivity contribution in [2.45, 2.75) is 20.6 Å². The van der Waals surface area contributed by atoms with Crippen molar-refractivity contribution >= 4 is 87.2 Å². The Hall–Kier alpha value is -0.260. The van der Waals surface area contributed by atoms with Crippen LogP contribution in [0.15, 0.2) is 52.1 Å². The average molecular weight is 461 g/mol. The number of benzene rings is 1. The Morgan fingerprint density at radius 1 is 0.920 bits per heavy atom. The van der Waals surface area contributed by atoms with Gasteiger partial charge in [0.05, 0.1) is 12.3 Å². The smallest absolute Gasteiger partial charge is 0.250 e. The summed E-state index contributed by atoms with van der Waals surface area (Å²) in [7, 11) is 0. The van der Waals surface area contributed by atoms with Crippen LogP contribution in [0, 0.1) is 0 Å². The molecule has 2 rings (SSSR count). The summed E-state index contributed by atoms with van der Waals surface area (Å²) in [5, 5.41) is 9.06. The molecule has 25 heavy (non-hydrogen) atoms. The van der Waals surface area contributed by atoms with Gasteiger partial charge in [0.2, 0.25) is 7.59 Å². The number of aliphatic imine (C=N–C) groups is 2. The molecule has 9 heteroatoms. The fourth-order valence-electron chi connectivity index (χ4n) is 1.91. The minimum atomic E-state index is -1.86. The summed E-state index contributed by atoms with van der Waals surface area (Å²) in [5.74, 6) is -0.0807. The molecule has 1 aliphatic rings. The zero-order chi connectivity index (χ0) is 18.7. The van der Waals surface area contributed by atoms with E-state index < -0.39 is 7.59 Å². The molecule has 0 saturated carbocycles. The number of rotatable bonds is 3. The summed E-state index contributed by atoms with van der Waals surface area (Å²) >= 11 is 35.4. The van der Waals surface area contributed by atoms with Gasteiger partial charge in [-0.3, -0.25) is 0 Å². The van der Waals surface area contributed by atoms with E-state index in [0.717, 1.165) is 11.1 Å². The highest BCUT2D eigenvalue weighted by molar-refractivity contribution is 6.77. The first kappa shape index (κ1) is 21.0. The van der Waals surface area contributed by atoms with Gasteiger partial charge in [0, 0.05) is 12.1 Å². The minimum absolute atomic E-state index is 0.00955. The van der Waals surface area contributed by atoms with Gasteiger partial charge in [-0.25, -0.2) is 9.98 Å². The van der Waals surface area contributed by atoms with Crippen molar-refractivity contribution in [1.82, 2.24) is 0 Å². The van der Waals surface area contributed by atoms with Gasteiger partial charge in [0.1, 0.15) is 0 Å². The van der Waals surface area contributed by atoms with Crippen LogP contribution in [0.25, 0.3) is 6.08 Å². The molecular weight excluding hydrogens is 449 g/mol. The third-order valence-electron chi connectivity index (χ3n) is 3.15. The number of allylic oxidation sites excluding steroid dienone is 3. The molecule has 0 fully saturated rings. The molecule has 0 saturated heterocycles. The van der Waals surface area contributed by atoms with Crippen LogP contribution in [-0.4, -0.2) is 24.2 Å². The van der Waals surface area contributed by atoms with Crippen molar-refractivity contribution in [2.75, 3.05) is 0 Å². The number of amidine groups is 1. The molecule has 0 radical (unpaired) electrons.